The largest absolute Gasteiger partial charge is 0.370 e. The minimum Gasteiger partial charge on any atom is -0.370 e. The molecule has 0 bridgehead atoms. The molecule has 1 heterocycles. The van der Waals surface area contributed by atoms with Crippen molar-refractivity contribution in [3.8, 4) is 0 Å². The number of rotatable bonds is 5. The summed E-state index contributed by atoms with van der Waals surface area (Å²) in [5.41, 5.74) is 7.96. The van der Waals surface area contributed by atoms with Crippen molar-refractivity contribution >= 4 is 40.9 Å². The second-order valence-corrected chi connectivity index (χ2v) is 7.84. The third kappa shape index (κ3) is 6.16. The van der Waals surface area contributed by atoms with E-state index >= 15 is 0 Å². The SMILES string of the molecule is Cc1ccc(SCC2CC(=O)NC(/N=C(\N)Nc3ccc(Cl)cc3)N2)cc1. The third-order valence-corrected chi connectivity index (χ3v) is 5.41. The molecule has 1 aliphatic heterocycles. The summed E-state index contributed by atoms with van der Waals surface area (Å²) < 4.78 is 0. The lowest BCUT2D eigenvalue weighted by molar-refractivity contribution is -0.124. The second kappa shape index (κ2) is 9.12. The van der Waals surface area contributed by atoms with E-state index in [-0.39, 0.29) is 17.9 Å². The van der Waals surface area contributed by atoms with E-state index in [9.17, 15) is 4.79 Å². The summed E-state index contributed by atoms with van der Waals surface area (Å²) in [4.78, 5) is 17.5. The zero-order valence-electron chi connectivity index (χ0n) is 14.9. The normalized spacial score (nSPS) is 20.2. The van der Waals surface area contributed by atoms with Crippen molar-refractivity contribution in [1.82, 2.24) is 10.6 Å². The molecule has 27 heavy (non-hydrogen) atoms. The van der Waals surface area contributed by atoms with Crippen molar-refractivity contribution in [3.63, 3.8) is 0 Å². The second-order valence-electron chi connectivity index (χ2n) is 6.31. The molecule has 2 aromatic rings. The highest BCUT2D eigenvalue weighted by molar-refractivity contribution is 7.99. The molecule has 1 saturated heterocycles. The minimum atomic E-state index is -0.560. The van der Waals surface area contributed by atoms with Crippen LogP contribution >= 0.6 is 23.4 Å². The van der Waals surface area contributed by atoms with Crippen LogP contribution in [0, 0.1) is 6.92 Å². The number of guanidine groups is 1. The lowest BCUT2D eigenvalue weighted by Crippen LogP contribution is -2.57. The minimum absolute atomic E-state index is 0.0159. The molecule has 2 atom stereocenters. The number of nitrogens with zero attached hydrogens (tertiary/aromatic N) is 1. The number of nitrogens with one attached hydrogen (secondary N) is 3. The molecule has 2 aromatic carbocycles. The molecule has 142 valence electrons. The number of thioether (sulfide) groups is 1. The Morgan fingerprint density at radius 1 is 1.26 bits per heavy atom. The van der Waals surface area contributed by atoms with Crippen LogP contribution in [0.1, 0.15) is 12.0 Å². The summed E-state index contributed by atoms with van der Waals surface area (Å²) in [6.45, 7) is 2.06. The lowest BCUT2D eigenvalue weighted by Gasteiger charge is -2.29. The van der Waals surface area contributed by atoms with Gasteiger partial charge in [0.25, 0.3) is 0 Å². The number of hydrogen-bond donors (Lipinski definition) is 4. The van der Waals surface area contributed by atoms with Crippen molar-refractivity contribution in [2.75, 3.05) is 11.1 Å². The summed E-state index contributed by atoms with van der Waals surface area (Å²) in [6.07, 6.45) is -0.148. The Morgan fingerprint density at radius 3 is 2.67 bits per heavy atom. The predicted molar refractivity (Wildman–Crippen MR) is 112 cm³/mol. The molecule has 6 nitrogen and oxygen atoms in total. The molecule has 2 unspecified atom stereocenters. The Bertz CT molecular complexity index is 810. The van der Waals surface area contributed by atoms with Gasteiger partial charge in [0.15, 0.2) is 12.2 Å². The van der Waals surface area contributed by atoms with Crippen LogP contribution in [0.2, 0.25) is 5.02 Å². The zero-order chi connectivity index (χ0) is 19.2. The van der Waals surface area contributed by atoms with E-state index in [1.807, 2.05) is 0 Å². The summed E-state index contributed by atoms with van der Waals surface area (Å²) >= 11 is 7.58. The Labute approximate surface area is 168 Å². The smallest absolute Gasteiger partial charge is 0.224 e. The lowest BCUT2D eigenvalue weighted by atomic mass is 10.2. The van der Waals surface area contributed by atoms with Crippen molar-refractivity contribution in [3.05, 3.63) is 59.1 Å². The van der Waals surface area contributed by atoms with Crippen molar-refractivity contribution in [2.24, 2.45) is 10.7 Å². The van der Waals surface area contributed by atoms with Gasteiger partial charge in [0, 0.05) is 33.8 Å². The predicted octanol–water partition coefficient (Wildman–Crippen LogP) is 2.93. The number of aliphatic imine (C=N–C) groups is 1. The summed E-state index contributed by atoms with van der Waals surface area (Å²) in [5, 5.41) is 9.73. The molecule has 0 aliphatic carbocycles. The Balaban J connectivity index is 1.56. The molecule has 0 spiro atoms. The van der Waals surface area contributed by atoms with Crippen LogP contribution in [0.4, 0.5) is 5.69 Å². The van der Waals surface area contributed by atoms with Gasteiger partial charge in [-0.3, -0.25) is 10.1 Å². The van der Waals surface area contributed by atoms with Crippen LogP contribution in [0.5, 0.6) is 0 Å². The number of halogens is 1. The summed E-state index contributed by atoms with van der Waals surface area (Å²) in [6, 6.07) is 15.5. The van der Waals surface area contributed by atoms with Gasteiger partial charge < -0.3 is 16.4 Å². The van der Waals surface area contributed by atoms with E-state index in [4.69, 9.17) is 17.3 Å². The van der Waals surface area contributed by atoms with Crippen LogP contribution in [-0.4, -0.2) is 30.0 Å². The van der Waals surface area contributed by atoms with E-state index in [1.54, 1.807) is 36.0 Å². The number of benzene rings is 2. The topological polar surface area (TPSA) is 91.5 Å². The number of anilines is 1. The molecule has 1 amide bonds. The number of hydrogen-bond acceptors (Lipinski definition) is 4. The molecule has 3 rings (SSSR count). The first kappa shape index (κ1) is 19.5. The highest BCUT2D eigenvalue weighted by Gasteiger charge is 2.25. The quantitative estimate of drug-likeness (QED) is 0.350. The van der Waals surface area contributed by atoms with Crippen LogP contribution in [-0.2, 0) is 4.79 Å². The van der Waals surface area contributed by atoms with E-state index in [0.717, 1.165) is 11.4 Å². The van der Waals surface area contributed by atoms with Gasteiger partial charge in [-0.15, -0.1) is 11.8 Å². The fourth-order valence-electron chi connectivity index (χ4n) is 2.62. The van der Waals surface area contributed by atoms with Gasteiger partial charge in [0.2, 0.25) is 5.91 Å². The van der Waals surface area contributed by atoms with E-state index in [2.05, 4.69) is 52.1 Å². The molecule has 5 N–H and O–H groups in total. The van der Waals surface area contributed by atoms with E-state index < -0.39 is 6.29 Å². The average Bonchev–Trinajstić information content (AvgIpc) is 2.63. The Hall–Kier alpha value is -2.22. The van der Waals surface area contributed by atoms with Crippen LogP contribution in [0.25, 0.3) is 0 Å². The average molecular weight is 404 g/mol. The molecular formula is C19H22ClN5OS. The zero-order valence-corrected chi connectivity index (χ0v) is 16.5. The number of carbonyl (C=O) groups excluding carboxylic acids is 1. The maximum atomic E-state index is 12.0. The first-order valence-electron chi connectivity index (χ1n) is 8.59. The molecule has 8 heteroatoms. The Kier molecular flexibility index (Phi) is 6.60. The fourth-order valence-corrected chi connectivity index (χ4v) is 3.68. The number of carbonyl (C=O) groups is 1. The van der Waals surface area contributed by atoms with Crippen molar-refractivity contribution in [1.29, 1.82) is 0 Å². The van der Waals surface area contributed by atoms with Gasteiger partial charge >= 0.3 is 0 Å². The van der Waals surface area contributed by atoms with Crippen LogP contribution < -0.4 is 21.7 Å². The maximum absolute atomic E-state index is 12.0. The molecule has 1 fully saturated rings. The Morgan fingerprint density at radius 2 is 1.96 bits per heavy atom. The van der Waals surface area contributed by atoms with Crippen molar-refractivity contribution < 1.29 is 4.79 Å². The van der Waals surface area contributed by atoms with Crippen LogP contribution in [0.15, 0.2) is 58.4 Å². The first-order chi connectivity index (χ1) is 13.0. The van der Waals surface area contributed by atoms with Crippen LogP contribution in [0.3, 0.4) is 0 Å². The van der Waals surface area contributed by atoms with Gasteiger partial charge in [0.1, 0.15) is 0 Å². The summed E-state index contributed by atoms with van der Waals surface area (Å²) in [5.74, 6) is 0.936. The third-order valence-electron chi connectivity index (χ3n) is 3.98. The summed E-state index contributed by atoms with van der Waals surface area (Å²) in [7, 11) is 0. The molecule has 0 saturated carbocycles. The highest BCUT2D eigenvalue weighted by atomic mass is 35.5. The van der Waals surface area contributed by atoms with Gasteiger partial charge in [-0.2, -0.15) is 0 Å². The molecule has 1 aliphatic rings. The van der Waals surface area contributed by atoms with Gasteiger partial charge in [-0.25, -0.2) is 4.99 Å². The number of aryl methyl sites for hydroxylation is 1. The van der Waals surface area contributed by atoms with Gasteiger partial charge in [-0.05, 0) is 43.3 Å². The molecule has 0 aromatic heterocycles. The number of amides is 1. The standard InChI is InChI=1S/C19H22ClN5OS/c1-12-2-8-16(9-3-12)27-11-15-10-17(26)24-19(23-15)25-18(21)22-14-6-4-13(20)5-7-14/h2-9,15,19,23H,10-11H2,1H3,(H,24,26)(H3,21,22,25). The molecule has 0 radical (unpaired) electrons. The first-order valence-corrected chi connectivity index (χ1v) is 9.95. The van der Waals surface area contributed by atoms with E-state index in [0.29, 0.717) is 11.4 Å². The van der Waals surface area contributed by atoms with Crippen molar-refractivity contribution in [2.45, 2.75) is 30.6 Å². The van der Waals surface area contributed by atoms with E-state index in [1.165, 1.54) is 10.5 Å². The highest BCUT2D eigenvalue weighted by Crippen LogP contribution is 2.21. The molecular weight excluding hydrogens is 382 g/mol. The van der Waals surface area contributed by atoms with Gasteiger partial charge in [-0.1, -0.05) is 29.3 Å². The monoisotopic (exact) mass is 403 g/mol. The maximum Gasteiger partial charge on any atom is 0.224 e. The fraction of sp³-hybridized carbons (Fsp3) is 0.263. The number of nitrogens with two attached hydrogens (primary N) is 1. The van der Waals surface area contributed by atoms with Gasteiger partial charge in [0.05, 0.1) is 0 Å².